The zero-order valence-corrected chi connectivity index (χ0v) is 13.7. The van der Waals surface area contributed by atoms with Gasteiger partial charge in [-0.05, 0) is 45.2 Å². The summed E-state index contributed by atoms with van der Waals surface area (Å²) in [5.41, 5.74) is 4.32. The molecule has 1 heteroatoms. The standard InChI is InChI=1S/C20H27N/c1-16-9-8-12-18(13-16)19(15-21-20(2,3)4)14-17-10-6-5-7-11-17/h5-13,19,21H,14-15H2,1-4H3. The molecule has 0 saturated heterocycles. The monoisotopic (exact) mass is 281 g/mol. The van der Waals surface area contributed by atoms with Crippen molar-refractivity contribution in [3.63, 3.8) is 0 Å². The number of nitrogens with one attached hydrogen (secondary N) is 1. The van der Waals surface area contributed by atoms with Crippen LogP contribution in [0.25, 0.3) is 0 Å². The highest BCUT2D eigenvalue weighted by atomic mass is 14.9. The number of hydrogen-bond donors (Lipinski definition) is 1. The summed E-state index contributed by atoms with van der Waals surface area (Å²) in [5.74, 6) is 0.506. The quantitative estimate of drug-likeness (QED) is 0.837. The van der Waals surface area contributed by atoms with Gasteiger partial charge in [-0.25, -0.2) is 0 Å². The van der Waals surface area contributed by atoms with Gasteiger partial charge in [-0.2, -0.15) is 0 Å². The van der Waals surface area contributed by atoms with Crippen molar-refractivity contribution in [2.75, 3.05) is 6.54 Å². The van der Waals surface area contributed by atoms with E-state index in [0.29, 0.717) is 5.92 Å². The van der Waals surface area contributed by atoms with E-state index in [1.54, 1.807) is 0 Å². The summed E-state index contributed by atoms with van der Waals surface area (Å²) in [6.07, 6.45) is 1.08. The van der Waals surface area contributed by atoms with Crippen LogP contribution in [0.15, 0.2) is 54.6 Å². The van der Waals surface area contributed by atoms with E-state index in [0.717, 1.165) is 13.0 Å². The minimum Gasteiger partial charge on any atom is -0.311 e. The molecular formula is C20H27N. The van der Waals surface area contributed by atoms with Crippen molar-refractivity contribution in [1.29, 1.82) is 0 Å². The number of aryl methyl sites for hydroxylation is 1. The first-order valence-electron chi connectivity index (χ1n) is 7.79. The van der Waals surface area contributed by atoms with Crippen LogP contribution in [0.1, 0.15) is 43.4 Å². The Balaban J connectivity index is 2.17. The molecule has 2 aromatic carbocycles. The first-order chi connectivity index (χ1) is 9.94. The summed E-state index contributed by atoms with van der Waals surface area (Å²) in [7, 11) is 0. The van der Waals surface area contributed by atoms with E-state index >= 15 is 0 Å². The first-order valence-corrected chi connectivity index (χ1v) is 7.79. The Hall–Kier alpha value is -1.60. The maximum atomic E-state index is 3.66. The van der Waals surface area contributed by atoms with Gasteiger partial charge in [-0.1, -0.05) is 60.2 Å². The molecule has 0 amide bonds. The number of rotatable bonds is 5. The molecule has 0 aromatic heterocycles. The second-order valence-electron chi connectivity index (χ2n) is 6.93. The molecule has 0 saturated carbocycles. The molecule has 0 spiro atoms. The van der Waals surface area contributed by atoms with Crippen LogP contribution in [-0.4, -0.2) is 12.1 Å². The molecule has 112 valence electrons. The van der Waals surface area contributed by atoms with Crippen molar-refractivity contribution in [1.82, 2.24) is 5.32 Å². The highest BCUT2D eigenvalue weighted by Crippen LogP contribution is 2.22. The maximum Gasteiger partial charge on any atom is 0.00967 e. The number of benzene rings is 2. The zero-order chi connectivity index (χ0) is 15.3. The molecule has 2 rings (SSSR count). The fourth-order valence-electron chi connectivity index (χ4n) is 2.56. The van der Waals surface area contributed by atoms with Crippen molar-refractivity contribution in [2.45, 2.75) is 45.6 Å². The largest absolute Gasteiger partial charge is 0.311 e. The van der Waals surface area contributed by atoms with Crippen molar-refractivity contribution >= 4 is 0 Å². The average Bonchev–Trinajstić information content (AvgIpc) is 2.43. The summed E-state index contributed by atoms with van der Waals surface area (Å²) < 4.78 is 0. The maximum absolute atomic E-state index is 3.66. The van der Waals surface area contributed by atoms with E-state index in [-0.39, 0.29) is 5.54 Å². The van der Waals surface area contributed by atoms with Crippen LogP contribution < -0.4 is 5.32 Å². The molecule has 0 bridgehead atoms. The van der Waals surface area contributed by atoms with Crippen LogP contribution in [-0.2, 0) is 6.42 Å². The van der Waals surface area contributed by atoms with Gasteiger partial charge < -0.3 is 5.32 Å². The second-order valence-corrected chi connectivity index (χ2v) is 6.93. The summed E-state index contributed by atoms with van der Waals surface area (Å²) in [4.78, 5) is 0. The van der Waals surface area contributed by atoms with Gasteiger partial charge in [0.15, 0.2) is 0 Å². The summed E-state index contributed by atoms with van der Waals surface area (Å²) in [5, 5.41) is 3.66. The highest BCUT2D eigenvalue weighted by Gasteiger charge is 2.16. The van der Waals surface area contributed by atoms with E-state index in [1.807, 2.05) is 0 Å². The van der Waals surface area contributed by atoms with Crippen LogP contribution in [0.2, 0.25) is 0 Å². The van der Waals surface area contributed by atoms with E-state index in [2.05, 4.69) is 87.6 Å². The molecule has 0 radical (unpaired) electrons. The van der Waals surface area contributed by atoms with Crippen molar-refractivity contribution in [2.24, 2.45) is 0 Å². The van der Waals surface area contributed by atoms with Gasteiger partial charge in [-0.15, -0.1) is 0 Å². The highest BCUT2D eigenvalue weighted by molar-refractivity contribution is 5.28. The lowest BCUT2D eigenvalue weighted by Gasteiger charge is -2.26. The average molecular weight is 281 g/mol. The minimum atomic E-state index is 0.152. The van der Waals surface area contributed by atoms with Gasteiger partial charge in [0.1, 0.15) is 0 Å². The lowest BCUT2D eigenvalue weighted by molar-refractivity contribution is 0.405. The number of hydrogen-bond acceptors (Lipinski definition) is 1. The van der Waals surface area contributed by atoms with Gasteiger partial charge in [0, 0.05) is 18.0 Å². The molecule has 0 aliphatic heterocycles. The summed E-state index contributed by atoms with van der Waals surface area (Å²) >= 11 is 0. The third-order valence-corrected chi connectivity index (χ3v) is 3.72. The van der Waals surface area contributed by atoms with Crippen LogP contribution in [0, 0.1) is 6.92 Å². The first kappa shape index (κ1) is 15.8. The van der Waals surface area contributed by atoms with E-state index < -0.39 is 0 Å². The SMILES string of the molecule is Cc1cccc(C(CNC(C)(C)C)Cc2ccccc2)c1. The Morgan fingerprint density at radius 3 is 2.29 bits per heavy atom. The lowest BCUT2D eigenvalue weighted by Crippen LogP contribution is -2.39. The van der Waals surface area contributed by atoms with Crippen LogP contribution in [0.3, 0.4) is 0 Å². The van der Waals surface area contributed by atoms with E-state index in [9.17, 15) is 0 Å². The Morgan fingerprint density at radius 2 is 1.67 bits per heavy atom. The molecule has 1 atom stereocenters. The molecular weight excluding hydrogens is 254 g/mol. The van der Waals surface area contributed by atoms with Crippen molar-refractivity contribution in [3.05, 3.63) is 71.3 Å². The molecule has 1 unspecified atom stereocenters. The third kappa shape index (κ3) is 5.35. The fraction of sp³-hybridized carbons (Fsp3) is 0.400. The van der Waals surface area contributed by atoms with Gasteiger partial charge >= 0.3 is 0 Å². The summed E-state index contributed by atoms with van der Waals surface area (Å²) in [6, 6.07) is 19.7. The summed E-state index contributed by atoms with van der Waals surface area (Å²) in [6.45, 7) is 9.84. The molecule has 21 heavy (non-hydrogen) atoms. The normalized spacial score (nSPS) is 13.1. The van der Waals surface area contributed by atoms with Gasteiger partial charge in [0.2, 0.25) is 0 Å². The van der Waals surface area contributed by atoms with Gasteiger partial charge in [0.25, 0.3) is 0 Å². The van der Waals surface area contributed by atoms with Gasteiger partial charge in [-0.3, -0.25) is 0 Å². The predicted octanol–water partition coefficient (Wildman–Crippen LogP) is 4.71. The Kier molecular flexibility index (Phi) is 5.19. The Bertz CT molecular complexity index is 552. The third-order valence-electron chi connectivity index (χ3n) is 3.72. The van der Waals surface area contributed by atoms with E-state index in [4.69, 9.17) is 0 Å². The van der Waals surface area contributed by atoms with E-state index in [1.165, 1.54) is 16.7 Å². The van der Waals surface area contributed by atoms with Crippen LogP contribution >= 0.6 is 0 Å². The molecule has 2 aromatic rings. The predicted molar refractivity (Wildman–Crippen MR) is 91.8 cm³/mol. The minimum absolute atomic E-state index is 0.152. The second kappa shape index (κ2) is 6.91. The Morgan fingerprint density at radius 1 is 0.952 bits per heavy atom. The fourth-order valence-corrected chi connectivity index (χ4v) is 2.56. The molecule has 0 aliphatic carbocycles. The van der Waals surface area contributed by atoms with Gasteiger partial charge in [0.05, 0.1) is 0 Å². The van der Waals surface area contributed by atoms with Crippen molar-refractivity contribution < 1.29 is 0 Å². The van der Waals surface area contributed by atoms with Crippen molar-refractivity contribution in [3.8, 4) is 0 Å². The van der Waals surface area contributed by atoms with Crippen LogP contribution in [0.4, 0.5) is 0 Å². The topological polar surface area (TPSA) is 12.0 Å². The van der Waals surface area contributed by atoms with Crippen LogP contribution in [0.5, 0.6) is 0 Å². The molecule has 1 nitrogen and oxygen atoms in total. The molecule has 0 aliphatic rings. The zero-order valence-electron chi connectivity index (χ0n) is 13.7. The molecule has 0 fully saturated rings. The smallest absolute Gasteiger partial charge is 0.00967 e. The Labute approximate surface area is 129 Å². The lowest BCUT2D eigenvalue weighted by atomic mass is 9.90. The molecule has 1 N–H and O–H groups in total. The molecule has 0 heterocycles.